The average molecular weight is 393 g/mol. The fourth-order valence-electron chi connectivity index (χ4n) is 1.51. The summed E-state index contributed by atoms with van der Waals surface area (Å²) in [6, 6.07) is 8.98. The van der Waals surface area contributed by atoms with Crippen LogP contribution in [0, 0.1) is 5.82 Å². The van der Waals surface area contributed by atoms with Gasteiger partial charge < -0.3 is 10.1 Å². The molecular weight excluding hydrogens is 384 g/mol. The van der Waals surface area contributed by atoms with Gasteiger partial charge in [-0.1, -0.05) is 39.1 Å². The van der Waals surface area contributed by atoms with Gasteiger partial charge in [-0.25, -0.2) is 4.39 Å². The van der Waals surface area contributed by atoms with Crippen LogP contribution in [-0.2, 0) is 4.79 Å². The standard InChI is InChI=1S/C14H9BrCl2FNO2/c15-8-1-4-13(10(17)5-8)21-7-14(20)19-12-3-2-9(16)6-11(12)18/h1-6H,7H2,(H,19,20). The van der Waals surface area contributed by atoms with E-state index in [4.69, 9.17) is 27.9 Å². The summed E-state index contributed by atoms with van der Waals surface area (Å²) in [5, 5.41) is 3.01. The lowest BCUT2D eigenvalue weighted by Gasteiger charge is -2.09. The van der Waals surface area contributed by atoms with Crippen LogP contribution in [0.4, 0.5) is 10.1 Å². The summed E-state index contributed by atoms with van der Waals surface area (Å²) in [6.45, 7) is -0.288. The number of hydrogen-bond acceptors (Lipinski definition) is 2. The number of halogens is 4. The van der Waals surface area contributed by atoms with Gasteiger partial charge in [0, 0.05) is 9.50 Å². The van der Waals surface area contributed by atoms with Gasteiger partial charge >= 0.3 is 0 Å². The minimum Gasteiger partial charge on any atom is -0.482 e. The molecule has 0 spiro atoms. The summed E-state index contributed by atoms with van der Waals surface area (Å²) in [5.74, 6) is -0.751. The van der Waals surface area contributed by atoms with Gasteiger partial charge in [0.25, 0.3) is 5.91 Å². The van der Waals surface area contributed by atoms with Gasteiger partial charge in [0.15, 0.2) is 6.61 Å². The molecule has 3 nitrogen and oxygen atoms in total. The Morgan fingerprint density at radius 3 is 2.67 bits per heavy atom. The molecule has 2 rings (SSSR count). The number of benzene rings is 2. The number of carbonyl (C=O) groups is 1. The van der Waals surface area contributed by atoms with Crippen molar-refractivity contribution in [1.29, 1.82) is 0 Å². The lowest BCUT2D eigenvalue weighted by molar-refractivity contribution is -0.118. The topological polar surface area (TPSA) is 38.3 Å². The van der Waals surface area contributed by atoms with Gasteiger partial charge in [0.2, 0.25) is 0 Å². The van der Waals surface area contributed by atoms with Crippen LogP contribution in [0.25, 0.3) is 0 Å². The van der Waals surface area contributed by atoms with Crippen LogP contribution in [0.1, 0.15) is 0 Å². The highest BCUT2D eigenvalue weighted by molar-refractivity contribution is 9.10. The van der Waals surface area contributed by atoms with E-state index in [1.165, 1.54) is 12.1 Å². The van der Waals surface area contributed by atoms with Crippen LogP contribution in [0.3, 0.4) is 0 Å². The molecule has 21 heavy (non-hydrogen) atoms. The maximum Gasteiger partial charge on any atom is 0.262 e. The fourth-order valence-corrected chi connectivity index (χ4v) is 2.40. The minimum atomic E-state index is -0.613. The first-order chi connectivity index (χ1) is 9.95. The van der Waals surface area contributed by atoms with E-state index >= 15 is 0 Å². The molecule has 7 heteroatoms. The zero-order chi connectivity index (χ0) is 15.4. The molecule has 0 aromatic heterocycles. The first-order valence-electron chi connectivity index (χ1n) is 5.78. The molecule has 0 saturated carbocycles. The highest BCUT2D eigenvalue weighted by atomic mass is 79.9. The van der Waals surface area contributed by atoms with Crippen molar-refractivity contribution < 1.29 is 13.9 Å². The Balaban J connectivity index is 1.96. The summed E-state index contributed by atoms with van der Waals surface area (Å²) >= 11 is 14.8. The number of anilines is 1. The molecule has 110 valence electrons. The molecule has 0 unspecified atom stereocenters. The third-order valence-corrected chi connectivity index (χ3v) is 3.48. The SMILES string of the molecule is O=C(COc1ccc(Br)cc1Cl)Nc1ccc(Cl)cc1F. The van der Waals surface area contributed by atoms with E-state index in [2.05, 4.69) is 21.2 Å². The highest BCUT2D eigenvalue weighted by Gasteiger charge is 2.09. The second-order valence-corrected chi connectivity index (χ2v) is 5.80. The molecule has 0 atom stereocenters. The molecule has 0 saturated heterocycles. The fraction of sp³-hybridized carbons (Fsp3) is 0.0714. The van der Waals surface area contributed by atoms with Crippen LogP contribution < -0.4 is 10.1 Å². The van der Waals surface area contributed by atoms with E-state index in [-0.39, 0.29) is 17.3 Å². The highest BCUT2D eigenvalue weighted by Crippen LogP contribution is 2.27. The molecule has 0 aliphatic rings. The lowest BCUT2D eigenvalue weighted by atomic mass is 10.3. The number of hydrogen-bond donors (Lipinski definition) is 1. The molecule has 1 amide bonds. The quantitative estimate of drug-likeness (QED) is 0.802. The van der Waals surface area contributed by atoms with E-state index < -0.39 is 11.7 Å². The third kappa shape index (κ3) is 4.59. The van der Waals surface area contributed by atoms with Crippen molar-refractivity contribution in [3.05, 3.63) is 56.7 Å². The number of ether oxygens (including phenoxy) is 1. The second kappa shape index (κ2) is 7.11. The summed E-state index contributed by atoms with van der Waals surface area (Å²) in [4.78, 5) is 11.7. The van der Waals surface area contributed by atoms with Crippen molar-refractivity contribution in [2.24, 2.45) is 0 Å². The van der Waals surface area contributed by atoms with Crippen LogP contribution in [0.15, 0.2) is 40.9 Å². The van der Waals surface area contributed by atoms with E-state index in [1.807, 2.05) is 0 Å². The van der Waals surface area contributed by atoms with Gasteiger partial charge in [-0.2, -0.15) is 0 Å². The summed E-state index contributed by atoms with van der Waals surface area (Å²) in [5.41, 5.74) is 0.0369. The second-order valence-electron chi connectivity index (χ2n) is 4.04. The predicted octanol–water partition coefficient (Wildman–Crippen LogP) is 4.91. The Kier molecular flexibility index (Phi) is 5.45. The smallest absolute Gasteiger partial charge is 0.262 e. The van der Waals surface area contributed by atoms with E-state index in [1.54, 1.807) is 18.2 Å². The Hall–Kier alpha value is -1.30. The summed E-state index contributed by atoms with van der Waals surface area (Å²) in [7, 11) is 0. The first-order valence-corrected chi connectivity index (χ1v) is 7.33. The zero-order valence-corrected chi connectivity index (χ0v) is 13.6. The normalized spacial score (nSPS) is 10.3. The van der Waals surface area contributed by atoms with Gasteiger partial charge in [0.1, 0.15) is 11.6 Å². The van der Waals surface area contributed by atoms with Crippen LogP contribution in [-0.4, -0.2) is 12.5 Å². The Labute approximate surface area is 139 Å². The van der Waals surface area contributed by atoms with Gasteiger partial charge in [-0.3, -0.25) is 4.79 Å². The van der Waals surface area contributed by atoms with Crippen molar-refractivity contribution in [3.8, 4) is 5.75 Å². The number of rotatable bonds is 4. The minimum absolute atomic E-state index is 0.0369. The van der Waals surface area contributed by atoms with Gasteiger partial charge in [-0.05, 0) is 36.4 Å². The molecule has 0 bridgehead atoms. The van der Waals surface area contributed by atoms with E-state index in [0.717, 1.165) is 10.5 Å². The first kappa shape index (κ1) is 16.1. The summed E-state index contributed by atoms with van der Waals surface area (Å²) < 4.78 is 19.6. The largest absolute Gasteiger partial charge is 0.482 e. The Morgan fingerprint density at radius 1 is 1.24 bits per heavy atom. The van der Waals surface area contributed by atoms with Crippen molar-refractivity contribution in [2.75, 3.05) is 11.9 Å². The molecule has 1 N–H and O–H groups in total. The van der Waals surface area contributed by atoms with Crippen LogP contribution >= 0.6 is 39.1 Å². The van der Waals surface area contributed by atoms with Crippen molar-refractivity contribution >= 4 is 50.7 Å². The van der Waals surface area contributed by atoms with Crippen molar-refractivity contribution in [1.82, 2.24) is 0 Å². The monoisotopic (exact) mass is 391 g/mol. The van der Waals surface area contributed by atoms with Gasteiger partial charge in [-0.15, -0.1) is 0 Å². The number of carbonyl (C=O) groups excluding carboxylic acids is 1. The van der Waals surface area contributed by atoms with Crippen molar-refractivity contribution in [2.45, 2.75) is 0 Å². The molecule has 2 aromatic carbocycles. The van der Waals surface area contributed by atoms with Gasteiger partial charge in [0.05, 0.1) is 10.7 Å². The van der Waals surface area contributed by atoms with E-state index in [9.17, 15) is 9.18 Å². The van der Waals surface area contributed by atoms with Crippen LogP contribution in [0.2, 0.25) is 10.0 Å². The number of amides is 1. The molecular formula is C14H9BrCl2FNO2. The maximum atomic E-state index is 13.5. The van der Waals surface area contributed by atoms with Crippen LogP contribution in [0.5, 0.6) is 5.75 Å². The molecule has 0 fully saturated rings. The molecule has 0 radical (unpaired) electrons. The third-order valence-electron chi connectivity index (χ3n) is 2.46. The molecule has 2 aromatic rings. The zero-order valence-electron chi connectivity index (χ0n) is 10.5. The maximum absolute atomic E-state index is 13.5. The van der Waals surface area contributed by atoms with E-state index in [0.29, 0.717) is 10.8 Å². The molecule has 0 aliphatic heterocycles. The number of nitrogens with one attached hydrogen (secondary N) is 1. The van der Waals surface area contributed by atoms with Crippen molar-refractivity contribution in [3.63, 3.8) is 0 Å². The Morgan fingerprint density at radius 2 is 2.00 bits per heavy atom. The average Bonchev–Trinajstić information content (AvgIpc) is 2.41. The predicted molar refractivity (Wildman–Crippen MR) is 84.7 cm³/mol. The molecule has 0 aliphatic carbocycles. The molecule has 0 heterocycles. The Bertz CT molecular complexity index is 682. The lowest BCUT2D eigenvalue weighted by Crippen LogP contribution is -2.20. The summed E-state index contributed by atoms with van der Waals surface area (Å²) in [6.07, 6.45) is 0.